The first-order valence-electron chi connectivity index (χ1n) is 8.90. The van der Waals surface area contributed by atoms with E-state index in [-0.39, 0.29) is 18.0 Å². The van der Waals surface area contributed by atoms with E-state index in [4.69, 9.17) is 0 Å². The summed E-state index contributed by atoms with van der Waals surface area (Å²) in [6, 6.07) is 5.86. The molecule has 8 heteroatoms. The molecule has 2 fully saturated rings. The van der Waals surface area contributed by atoms with Crippen molar-refractivity contribution >= 4 is 11.9 Å². The molecule has 0 radical (unpaired) electrons. The van der Waals surface area contributed by atoms with Crippen molar-refractivity contribution in [2.45, 2.75) is 12.5 Å². The maximum Gasteiger partial charge on any atom is 0.319 e. The Kier molecular flexibility index (Phi) is 3.97. The van der Waals surface area contributed by atoms with E-state index in [2.05, 4.69) is 10.2 Å². The second-order valence-electron chi connectivity index (χ2n) is 7.37. The van der Waals surface area contributed by atoms with Gasteiger partial charge in [0.1, 0.15) is 11.4 Å². The Balaban J connectivity index is 1.48. The SMILES string of the molecule is CN(C)C(=O)N1CC[C@@H]2CN(C(=O)c3cc(-c4cccn4C)n[nH]3)C[C@@H]21. The summed E-state index contributed by atoms with van der Waals surface area (Å²) in [6.07, 6.45) is 2.90. The third-order valence-corrected chi connectivity index (χ3v) is 5.48. The number of urea groups is 1. The molecular formula is C18H24N6O2. The third-order valence-electron chi connectivity index (χ3n) is 5.48. The minimum absolute atomic E-state index is 0.0272. The molecule has 0 unspecified atom stereocenters. The second-order valence-corrected chi connectivity index (χ2v) is 7.37. The van der Waals surface area contributed by atoms with Crippen LogP contribution < -0.4 is 0 Å². The molecule has 26 heavy (non-hydrogen) atoms. The fourth-order valence-corrected chi connectivity index (χ4v) is 4.08. The van der Waals surface area contributed by atoms with Gasteiger partial charge in [-0.05, 0) is 24.6 Å². The number of hydrogen-bond donors (Lipinski definition) is 1. The number of likely N-dealkylation sites (tertiary alicyclic amines) is 2. The quantitative estimate of drug-likeness (QED) is 0.880. The summed E-state index contributed by atoms with van der Waals surface area (Å²) in [5, 5.41) is 7.16. The van der Waals surface area contributed by atoms with Crippen LogP contribution in [-0.2, 0) is 7.05 Å². The van der Waals surface area contributed by atoms with Crippen molar-refractivity contribution in [1.82, 2.24) is 29.5 Å². The van der Waals surface area contributed by atoms with Crippen LogP contribution >= 0.6 is 0 Å². The van der Waals surface area contributed by atoms with Crippen molar-refractivity contribution < 1.29 is 9.59 Å². The Morgan fingerprint density at radius 1 is 1.31 bits per heavy atom. The molecule has 0 aromatic carbocycles. The van der Waals surface area contributed by atoms with Crippen LogP contribution in [0.15, 0.2) is 24.4 Å². The number of carbonyl (C=O) groups is 2. The average molecular weight is 356 g/mol. The molecule has 2 aliphatic heterocycles. The van der Waals surface area contributed by atoms with E-state index in [1.54, 1.807) is 25.1 Å². The largest absolute Gasteiger partial charge is 0.349 e. The van der Waals surface area contributed by atoms with Gasteiger partial charge in [0, 0.05) is 52.9 Å². The molecule has 8 nitrogen and oxygen atoms in total. The number of carbonyl (C=O) groups excluding carboxylic acids is 2. The van der Waals surface area contributed by atoms with Gasteiger partial charge in [0.25, 0.3) is 5.91 Å². The standard InChI is InChI=1S/C18H24N6O2/c1-21(2)18(26)24-8-6-12-10-23(11-16(12)24)17(25)14-9-13(19-20-14)15-5-4-7-22(15)3/h4-5,7,9,12,16H,6,8,10-11H2,1-3H3,(H,19,20)/t12-,16+/m1/s1. The summed E-state index contributed by atoms with van der Waals surface area (Å²) < 4.78 is 1.97. The van der Waals surface area contributed by atoms with Crippen molar-refractivity contribution in [1.29, 1.82) is 0 Å². The monoisotopic (exact) mass is 356 g/mol. The number of rotatable bonds is 2. The summed E-state index contributed by atoms with van der Waals surface area (Å²) in [7, 11) is 5.48. The first kappa shape index (κ1) is 16.7. The van der Waals surface area contributed by atoms with Crippen molar-refractivity contribution in [3.63, 3.8) is 0 Å². The lowest BCUT2D eigenvalue weighted by molar-refractivity contribution is 0.0766. The summed E-state index contributed by atoms with van der Waals surface area (Å²) in [5.41, 5.74) is 2.21. The number of amides is 3. The lowest BCUT2D eigenvalue weighted by Gasteiger charge is -2.27. The summed E-state index contributed by atoms with van der Waals surface area (Å²) >= 11 is 0. The molecule has 0 bridgehead atoms. The van der Waals surface area contributed by atoms with E-state index in [1.165, 1.54) is 0 Å². The number of aromatic amines is 1. The van der Waals surface area contributed by atoms with Crippen LogP contribution in [0.4, 0.5) is 4.79 Å². The number of H-pyrrole nitrogens is 1. The first-order valence-corrected chi connectivity index (χ1v) is 8.90. The van der Waals surface area contributed by atoms with E-state index in [0.29, 0.717) is 24.7 Å². The molecule has 0 saturated carbocycles. The molecule has 0 aliphatic carbocycles. The highest BCUT2D eigenvalue weighted by Crippen LogP contribution is 2.32. The van der Waals surface area contributed by atoms with Crippen molar-refractivity contribution in [3.05, 3.63) is 30.1 Å². The Morgan fingerprint density at radius 3 is 2.81 bits per heavy atom. The maximum absolute atomic E-state index is 12.9. The normalized spacial score (nSPS) is 22.0. The molecule has 2 aromatic rings. The van der Waals surface area contributed by atoms with E-state index >= 15 is 0 Å². The molecule has 138 valence electrons. The number of fused-ring (bicyclic) bond motifs is 1. The van der Waals surface area contributed by atoms with E-state index in [0.717, 1.165) is 24.4 Å². The van der Waals surface area contributed by atoms with Gasteiger partial charge in [-0.25, -0.2) is 4.79 Å². The zero-order valence-corrected chi connectivity index (χ0v) is 15.3. The van der Waals surface area contributed by atoms with Crippen LogP contribution in [0.1, 0.15) is 16.9 Å². The predicted molar refractivity (Wildman–Crippen MR) is 96.6 cm³/mol. The number of aryl methyl sites for hydroxylation is 1. The second kappa shape index (κ2) is 6.19. The smallest absolute Gasteiger partial charge is 0.319 e. The van der Waals surface area contributed by atoms with E-state index in [9.17, 15) is 9.59 Å². The third kappa shape index (κ3) is 2.65. The zero-order valence-electron chi connectivity index (χ0n) is 15.3. The number of nitrogens with zero attached hydrogens (tertiary/aromatic N) is 5. The maximum atomic E-state index is 12.9. The molecule has 0 spiro atoms. The van der Waals surface area contributed by atoms with Gasteiger partial charge in [0.15, 0.2) is 0 Å². The van der Waals surface area contributed by atoms with Crippen LogP contribution in [0.2, 0.25) is 0 Å². The number of aromatic nitrogens is 3. The molecule has 2 aliphatic rings. The van der Waals surface area contributed by atoms with Crippen molar-refractivity contribution in [2.75, 3.05) is 33.7 Å². The van der Waals surface area contributed by atoms with Gasteiger partial charge in [0.2, 0.25) is 0 Å². The first-order chi connectivity index (χ1) is 12.5. The summed E-state index contributed by atoms with van der Waals surface area (Å²) in [5.74, 6) is 0.308. The zero-order chi connectivity index (χ0) is 18.4. The fraction of sp³-hybridized carbons (Fsp3) is 0.500. The minimum Gasteiger partial charge on any atom is -0.349 e. The van der Waals surface area contributed by atoms with Crippen LogP contribution in [0, 0.1) is 5.92 Å². The minimum atomic E-state index is -0.0513. The molecule has 3 amide bonds. The average Bonchev–Trinajstić information content (AvgIpc) is 3.36. The number of nitrogens with one attached hydrogen (secondary N) is 1. The summed E-state index contributed by atoms with van der Waals surface area (Å²) in [4.78, 5) is 30.6. The lowest BCUT2D eigenvalue weighted by Crippen LogP contribution is -2.45. The van der Waals surface area contributed by atoms with Gasteiger partial charge in [0.05, 0.1) is 11.7 Å². The van der Waals surface area contributed by atoms with Crippen LogP contribution in [0.25, 0.3) is 11.4 Å². The Hall–Kier alpha value is -2.77. The Bertz CT molecular complexity index is 838. The van der Waals surface area contributed by atoms with Gasteiger partial charge in [-0.3, -0.25) is 9.89 Å². The Labute approximate surface area is 152 Å². The lowest BCUT2D eigenvalue weighted by atomic mass is 10.1. The molecule has 4 rings (SSSR count). The van der Waals surface area contributed by atoms with Gasteiger partial charge in [-0.2, -0.15) is 5.10 Å². The van der Waals surface area contributed by atoms with Gasteiger partial charge >= 0.3 is 6.03 Å². The highest BCUT2D eigenvalue weighted by atomic mass is 16.2. The highest BCUT2D eigenvalue weighted by molar-refractivity contribution is 5.93. The number of hydrogen-bond acceptors (Lipinski definition) is 3. The van der Waals surface area contributed by atoms with Crippen molar-refractivity contribution in [3.8, 4) is 11.4 Å². The summed E-state index contributed by atoms with van der Waals surface area (Å²) in [6.45, 7) is 2.05. The van der Waals surface area contributed by atoms with Crippen LogP contribution in [0.5, 0.6) is 0 Å². The Morgan fingerprint density at radius 2 is 2.12 bits per heavy atom. The van der Waals surface area contributed by atoms with Gasteiger partial charge < -0.3 is 19.3 Å². The van der Waals surface area contributed by atoms with E-state index < -0.39 is 0 Å². The molecular weight excluding hydrogens is 332 g/mol. The molecule has 4 heterocycles. The molecule has 2 atom stereocenters. The highest BCUT2D eigenvalue weighted by Gasteiger charge is 2.45. The van der Waals surface area contributed by atoms with Gasteiger partial charge in [-0.15, -0.1) is 0 Å². The predicted octanol–water partition coefficient (Wildman–Crippen LogP) is 1.24. The molecule has 1 N–H and O–H groups in total. The topological polar surface area (TPSA) is 77.5 Å². The molecule has 2 saturated heterocycles. The van der Waals surface area contributed by atoms with E-state index in [1.807, 2.05) is 39.7 Å². The van der Waals surface area contributed by atoms with Crippen LogP contribution in [0.3, 0.4) is 0 Å². The molecule has 2 aromatic heterocycles. The van der Waals surface area contributed by atoms with Crippen molar-refractivity contribution in [2.24, 2.45) is 13.0 Å². The fourth-order valence-electron chi connectivity index (χ4n) is 4.08. The van der Waals surface area contributed by atoms with Crippen LogP contribution in [-0.4, -0.2) is 81.2 Å². The van der Waals surface area contributed by atoms with Gasteiger partial charge in [-0.1, -0.05) is 0 Å².